The summed E-state index contributed by atoms with van der Waals surface area (Å²) in [5.41, 5.74) is 0.459. The second kappa shape index (κ2) is 6.82. The third-order valence-corrected chi connectivity index (χ3v) is 4.36. The van der Waals surface area contributed by atoms with Gasteiger partial charge in [-0.05, 0) is 31.1 Å². The Morgan fingerprint density at radius 2 is 2.09 bits per heavy atom. The number of rotatable bonds is 4. The average Bonchev–Trinajstić information content (AvgIpc) is 2.94. The quantitative estimate of drug-likeness (QED) is 0.399. The van der Waals surface area contributed by atoms with Crippen LogP contribution in [0, 0.1) is 14.9 Å². The largest absolute Gasteiger partial charge is 0.278 e. The van der Waals surface area contributed by atoms with E-state index in [-0.39, 0.29) is 5.69 Å². The molecule has 1 aliphatic rings. The van der Waals surface area contributed by atoms with Gasteiger partial charge in [0.2, 0.25) is 4.77 Å². The van der Waals surface area contributed by atoms with Gasteiger partial charge in [-0.25, -0.2) is 0 Å². The monoisotopic (exact) mass is 331 g/mol. The predicted molar refractivity (Wildman–Crippen MR) is 89.3 cm³/mol. The maximum absolute atomic E-state index is 11.1. The van der Waals surface area contributed by atoms with Crippen LogP contribution in [0.1, 0.15) is 49.4 Å². The summed E-state index contributed by atoms with van der Waals surface area (Å²) < 4.78 is 1.99. The highest BCUT2D eigenvalue weighted by atomic mass is 32.1. The molecule has 23 heavy (non-hydrogen) atoms. The number of hydrogen-bond acceptors (Lipinski definition) is 5. The minimum atomic E-state index is -0.419. The van der Waals surface area contributed by atoms with E-state index in [4.69, 9.17) is 12.2 Å². The molecule has 7 nitrogen and oxygen atoms in total. The molecule has 8 heteroatoms. The van der Waals surface area contributed by atoms with E-state index < -0.39 is 4.92 Å². The van der Waals surface area contributed by atoms with E-state index >= 15 is 0 Å². The number of H-pyrrole nitrogens is 1. The van der Waals surface area contributed by atoms with E-state index in [0.29, 0.717) is 16.3 Å². The normalized spacial score (nSPS) is 16.0. The first-order valence-corrected chi connectivity index (χ1v) is 8.02. The highest BCUT2D eigenvalue weighted by Gasteiger charge is 2.21. The van der Waals surface area contributed by atoms with Gasteiger partial charge in [-0.1, -0.05) is 31.4 Å². The number of nitrogens with one attached hydrogen (secondary N) is 1. The number of benzene rings is 1. The summed E-state index contributed by atoms with van der Waals surface area (Å²) in [5, 5.41) is 22.5. The molecule has 0 bridgehead atoms. The summed E-state index contributed by atoms with van der Waals surface area (Å²) in [5.74, 6) is 1.14. The molecule has 1 aromatic heterocycles. The first-order valence-electron chi connectivity index (χ1n) is 7.62. The van der Waals surface area contributed by atoms with Gasteiger partial charge in [-0.3, -0.25) is 15.2 Å². The lowest BCUT2D eigenvalue weighted by atomic mass is 9.89. The molecule has 3 rings (SSSR count). The van der Waals surface area contributed by atoms with Crippen molar-refractivity contribution in [3.05, 3.63) is 50.5 Å². The lowest BCUT2D eigenvalue weighted by Crippen LogP contribution is -2.10. The molecule has 1 saturated carbocycles. The number of para-hydroxylation sites is 1. The van der Waals surface area contributed by atoms with Crippen molar-refractivity contribution in [1.82, 2.24) is 14.9 Å². The van der Waals surface area contributed by atoms with Gasteiger partial charge in [-0.2, -0.15) is 14.9 Å². The highest BCUT2D eigenvalue weighted by Crippen LogP contribution is 2.31. The molecule has 1 heterocycles. The molecule has 120 valence electrons. The van der Waals surface area contributed by atoms with Gasteiger partial charge < -0.3 is 0 Å². The van der Waals surface area contributed by atoms with Gasteiger partial charge in [0.15, 0.2) is 5.82 Å². The number of hydrogen-bond donors (Lipinski definition) is 1. The molecule has 0 saturated heterocycles. The number of aromatic nitrogens is 3. The maximum Gasteiger partial charge on any atom is 0.278 e. The molecule has 1 aliphatic carbocycles. The van der Waals surface area contributed by atoms with Crippen LogP contribution in [0.15, 0.2) is 29.4 Å². The second-order valence-corrected chi connectivity index (χ2v) is 5.98. The van der Waals surface area contributed by atoms with Crippen LogP contribution in [0.5, 0.6) is 0 Å². The van der Waals surface area contributed by atoms with Crippen LogP contribution >= 0.6 is 12.2 Å². The molecular formula is C15H17N5O2S. The van der Waals surface area contributed by atoms with Gasteiger partial charge >= 0.3 is 0 Å². The average molecular weight is 331 g/mol. The lowest BCUT2D eigenvalue weighted by molar-refractivity contribution is -0.385. The van der Waals surface area contributed by atoms with E-state index in [9.17, 15) is 10.1 Å². The zero-order valence-electron chi connectivity index (χ0n) is 12.5. The molecule has 0 radical (unpaired) electrons. The van der Waals surface area contributed by atoms with Gasteiger partial charge in [0.05, 0.1) is 16.7 Å². The van der Waals surface area contributed by atoms with Crippen molar-refractivity contribution in [3.63, 3.8) is 0 Å². The van der Waals surface area contributed by atoms with Crippen molar-refractivity contribution >= 4 is 24.1 Å². The summed E-state index contributed by atoms with van der Waals surface area (Å²) >= 11 is 5.24. The summed E-state index contributed by atoms with van der Waals surface area (Å²) in [6.45, 7) is 0. The molecule has 0 unspecified atom stereocenters. The molecule has 0 spiro atoms. The Morgan fingerprint density at radius 3 is 2.83 bits per heavy atom. The molecule has 0 amide bonds. The topological polar surface area (TPSA) is 89.1 Å². The van der Waals surface area contributed by atoms with Crippen LogP contribution < -0.4 is 0 Å². The van der Waals surface area contributed by atoms with Crippen molar-refractivity contribution in [2.75, 3.05) is 0 Å². The van der Waals surface area contributed by atoms with Crippen molar-refractivity contribution < 1.29 is 4.92 Å². The van der Waals surface area contributed by atoms with Crippen LogP contribution in [0.2, 0.25) is 0 Å². The molecular weight excluding hydrogens is 314 g/mol. The molecule has 0 atom stereocenters. The van der Waals surface area contributed by atoms with Gasteiger partial charge in [-0.15, -0.1) is 0 Å². The van der Waals surface area contributed by atoms with Crippen molar-refractivity contribution in [2.24, 2.45) is 5.10 Å². The molecule has 2 aromatic rings. The minimum absolute atomic E-state index is 0.0190. The minimum Gasteiger partial charge on any atom is -0.258 e. The third-order valence-electron chi connectivity index (χ3n) is 4.09. The SMILES string of the molecule is O=[N+]([O-])c1ccccc1/C=N\n1c(C2CCCCC2)n[nH]c1=S. The van der Waals surface area contributed by atoms with E-state index in [1.807, 2.05) is 0 Å². The van der Waals surface area contributed by atoms with Crippen LogP contribution in [-0.4, -0.2) is 26.0 Å². The van der Waals surface area contributed by atoms with E-state index in [1.54, 1.807) is 22.9 Å². The van der Waals surface area contributed by atoms with Crippen LogP contribution in [0.4, 0.5) is 5.69 Å². The number of aromatic amines is 1. The molecule has 1 aromatic carbocycles. The van der Waals surface area contributed by atoms with Crippen LogP contribution in [-0.2, 0) is 0 Å². The van der Waals surface area contributed by atoms with Gasteiger partial charge in [0.25, 0.3) is 5.69 Å². The Kier molecular flexibility index (Phi) is 4.61. The Labute approximate surface area is 138 Å². The summed E-state index contributed by atoms with van der Waals surface area (Å²) in [6, 6.07) is 6.49. The molecule has 1 N–H and O–H groups in total. The Bertz CT molecular complexity index is 789. The Hall–Kier alpha value is -2.35. The fourth-order valence-electron chi connectivity index (χ4n) is 2.92. The fraction of sp³-hybridized carbons (Fsp3) is 0.400. The standard InChI is InChI=1S/C15H17N5O2S/c21-20(22)13-9-5-4-8-12(13)10-16-19-14(17-18-15(19)23)11-6-2-1-3-7-11/h4-5,8-11H,1-3,6-7H2,(H,18,23)/b16-10-. The van der Waals surface area contributed by atoms with Crippen LogP contribution in [0.3, 0.4) is 0 Å². The molecule has 1 fully saturated rings. The second-order valence-electron chi connectivity index (χ2n) is 5.59. The Balaban J connectivity index is 1.93. The summed E-state index contributed by atoms with van der Waals surface area (Å²) in [4.78, 5) is 10.6. The number of nitrogens with zero attached hydrogens (tertiary/aromatic N) is 4. The third kappa shape index (κ3) is 3.37. The first kappa shape index (κ1) is 15.5. The smallest absolute Gasteiger partial charge is 0.258 e. The van der Waals surface area contributed by atoms with Crippen molar-refractivity contribution in [2.45, 2.75) is 38.0 Å². The van der Waals surface area contributed by atoms with Crippen molar-refractivity contribution in [1.29, 1.82) is 0 Å². The summed E-state index contributed by atoms with van der Waals surface area (Å²) in [7, 11) is 0. The van der Waals surface area contributed by atoms with Gasteiger partial charge in [0.1, 0.15) is 0 Å². The maximum atomic E-state index is 11.1. The van der Waals surface area contributed by atoms with E-state index in [0.717, 1.165) is 18.7 Å². The fourth-order valence-corrected chi connectivity index (χ4v) is 3.11. The Morgan fingerprint density at radius 1 is 1.35 bits per heavy atom. The van der Waals surface area contributed by atoms with Crippen LogP contribution in [0.25, 0.3) is 0 Å². The molecule has 0 aliphatic heterocycles. The number of nitro benzene ring substituents is 1. The van der Waals surface area contributed by atoms with E-state index in [1.165, 1.54) is 31.5 Å². The van der Waals surface area contributed by atoms with E-state index in [2.05, 4.69) is 15.3 Å². The zero-order chi connectivity index (χ0) is 16.2. The summed E-state index contributed by atoms with van der Waals surface area (Å²) in [6.07, 6.45) is 7.22. The number of nitro groups is 1. The highest BCUT2D eigenvalue weighted by molar-refractivity contribution is 7.71. The lowest BCUT2D eigenvalue weighted by Gasteiger charge is -2.19. The zero-order valence-corrected chi connectivity index (χ0v) is 13.3. The van der Waals surface area contributed by atoms with Gasteiger partial charge in [0, 0.05) is 12.0 Å². The first-order chi connectivity index (χ1) is 11.2. The van der Waals surface area contributed by atoms with Crippen molar-refractivity contribution in [3.8, 4) is 0 Å². The predicted octanol–water partition coefficient (Wildman–Crippen LogP) is 3.78.